The van der Waals surface area contributed by atoms with E-state index in [1.165, 1.54) is 12.1 Å². The number of ether oxygens (including phenoxy) is 2. The molecule has 1 heterocycles. The van der Waals surface area contributed by atoms with Crippen LogP contribution < -0.4 is 5.32 Å². The number of hydrogen-bond acceptors (Lipinski definition) is 4. The Kier molecular flexibility index (Phi) is 6.93. The number of carbonyl (C=O) groups is 2. The molecule has 3 atom stereocenters. The van der Waals surface area contributed by atoms with Gasteiger partial charge in [0.1, 0.15) is 23.3 Å². The highest BCUT2D eigenvalue weighted by Gasteiger charge is 2.41. The number of nitrogens with one attached hydrogen (secondary N) is 1. The van der Waals surface area contributed by atoms with Gasteiger partial charge in [-0.1, -0.05) is 36.4 Å². The van der Waals surface area contributed by atoms with Crippen LogP contribution in [0.3, 0.4) is 0 Å². The molecule has 3 rings (SSSR count). The second-order valence-corrected chi connectivity index (χ2v) is 8.78. The van der Waals surface area contributed by atoms with Gasteiger partial charge < -0.3 is 14.8 Å². The van der Waals surface area contributed by atoms with E-state index in [0.717, 1.165) is 11.6 Å². The van der Waals surface area contributed by atoms with E-state index in [-0.39, 0.29) is 12.0 Å². The number of halogens is 2. The normalized spacial score (nSPS) is 19.6. The lowest BCUT2D eigenvalue weighted by molar-refractivity contribution is -0.144. The zero-order chi connectivity index (χ0) is 22.6. The van der Waals surface area contributed by atoms with Crippen LogP contribution in [0.15, 0.2) is 48.5 Å². The van der Waals surface area contributed by atoms with Gasteiger partial charge in [0.15, 0.2) is 0 Å². The molecule has 1 amide bonds. The summed E-state index contributed by atoms with van der Waals surface area (Å²) in [6, 6.07) is 12.3. The molecule has 2 aromatic carbocycles. The van der Waals surface area contributed by atoms with E-state index >= 15 is 0 Å². The molecule has 166 valence electrons. The molecule has 0 spiro atoms. The van der Waals surface area contributed by atoms with Crippen molar-refractivity contribution in [3.05, 3.63) is 71.3 Å². The lowest BCUT2D eigenvalue weighted by Gasteiger charge is -2.26. The molecule has 0 bridgehead atoms. The molecule has 0 unspecified atom stereocenters. The molecule has 0 saturated carbocycles. The van der Waals surface area contributed by atoms with Gasteiger partial charge in [0.2, 0.25) is 0 Å². The summed E-state index contributed by atoms with van der Waals surface area (Å²) in [6.45, 7) is 5.28. The van der Waals surface area contributed by atoms with Crippen LogP contribution in [0.25, 0.3) is 0 Å². The highest BCUT2D eigenvalue weighted by Crippen LogP contribution is 2.29. The summed E-state index contributed by atoms with van der Waals surface area (Å²) >= 11 is 0. The Hall–Kier alpha value is -2.96. The van der Waals surface area contributed by atoms with Gasteiger partial charge in [0.05, 0.1) is 5.92 Å². The number of alkyl carbamates (subject to hydrolysis) is 1. The number of rotatable bonds is 6. The van der Waals surface area contributed by atoms with Crippen LogP contribution in [0.1, 0.15) is 38.3 Å². The molecule has 0 aromatic heterocycles. The molecule has 7 heteroatoms. The highest BCUT2D eigenvalue weighted by molar-refractivity contribution is 5.77. The maximum Gasteiger partial charge on any atom is 0.407 e. The van der Waals surface area contributed by atoms with Crippen LogP contribution in [-0.4, -0.2) is 29.8 Å². The Bertz CT molecular complexity index is 927. The summed E-state index contributed by atoms with van der Waals surface area (Å²) in [5, 5.41) is 2.81. The summed E-state index contributed by atoms with van der Waals surface area (Å²) < 4.78 is 38.0. The van der Waals surface area contributed by atoms with Gasteiger partial charge in [-0.05, 0) is 50.8 Å². The number of cyclic esters (lactones) is 1. The van der Waals surface area contributed by atoms with Gasteiger partial charge in [-0.15, -0.1) is 0 Å². The van der Waals surface area contributed by atoms with E-state index in [0.29, 0.717) is 12.8 Å². The molecule has 1 fully saturated rings. The van der Waals surface area contributed by atoms with Gasteiger partial charge in [-0.25, -0.2) is 13.6 Å². The molecule has 31 heavy (non-hydrogen) atoms. The molecular weight excluding hydrogens is 404 g/mol. The predicted molar refractivity (Wildman–Crippen MR) is 111 cm³/mol. The summed E-state index contributed by atoms with van der Waals surface area (Å²) in [5.74, 6) is -2.40. The third kappa shape index (κ3) is 6.51. The van der Waals surface area contributed by atoms with Crippen LogP contribution in [-0.2, 0) is 27.1 Å². The van der Waals surface area contributed by atoms with E-state index in [9.17, 15) is 18.4 Å². The summed E-state index contributed by atoms with van der Waals surface area (Å²) in [7, 11) is 0. The average Bonchev–Trinajstić information content (AvgIpc) is 3.03. The molecule has 1 N–H and O–H groups in total. The monoisotopic (exact) mass is 431 g/mol. The third-order valence-electron chi connectivity index (χ3n) is 5.05. The first-order valence-corrected chi connectivity index (χ1v) is 10.3. The van der Waals surface area contributed by atoms with Crippen molar-refractivity contribution in [2.45, 2.75) is 57.8 Å². The highest BCUT2D eigenvalue weighted by atomic mass is 19.1. The van der Waals surface area contributed by atoms with Crippen molar-refractivity contribution in [1.29, 1.82) is 0 Å². The fourth-order valence-corrected chi connectivity index (χ4v) is 3.69. The number of carbonyl (C=O) groups excluding carboxylic acids is 2. The van der Waals surface area contributed by atoms with Gasteiger partial charge >= 0.3 is 12.1 Å². The van der Waals surface area contributed by atoms with E-state index in [4.69, 9.17) is 9.47 Å². The van der Waals surface area contributed by atoms with Crippen LogP contribution >= 0.6 is 0 Å². The largest absolute Gasteiger partial charge is 0.462 e. The topological polar surface area (TPSA) is 64.6 Å². The average molecular weight is 431 g/mol. The zero-order valence-electron chi connectivity index (χ0n) is 17.9. The predicted octanol–water partition coefficient (Wildman–Crippen LogP) is 4.58. The van der Waals surface area contributed by atoms with Crippen molar-refractivity contribution < 1.29 is 27.8 Å². The summed E-state index contributed by atoms with van der Waals surface area (Å²) in [6.07, 6.45) is -0.315. The maximum absolute atomic E-state index is 14.0. The standard InChI is InChI=1S/C24H27F2NO4/c1-24(2,3)31-23(29)27-21(11-15-7-5-4-6-8-15)19-14-18(30-22(19)28)12-16-9-10-17(25)13-20(16)26/h4-10,13,18-19,21H,11-12,14H2,1-3H3,(H,27,29)/t18-,19-,21+/m1/s1. The van der Waals surface area contributed by atoms with Gasteiger partial charge in [-0.3, -0.25) is 4.79 Å². The Morgan fingerprint density at radius 1 is 1.19 bits per heavy atom. The number of benzene rings is 2. The smallest absolute Gasteiger partial charge is 0.407 e. The fourth-order valence-electron chi connectivity index (χ4n) is 3.69. The van der Waals surface area contributed by atoms with Crippen molar-refractivity contribution >= 4 is 12.1 Å². The molecule has 5 nitrogen and oxygen atoms in total. The minimum absolute atomic E-state index is 0.138. The van der Waals surface area contributed by atoms with Crippen LogP contribution in [0, 0.1) is 17.6 Å². The van der Waals surface area contributed by atoms with Gasteiger partial charge in [-0.2, -0.15) is 0 Å². The lowest BCUT2D eigenvalue weighted by atomic mass is 9.89. The Balaban J connectivity index is 1.74. The van der Waals surface area contributed by atoms with Crippen molar-refractivity contribution in [2.75, 3.05) is 0 Å². The van der Waals surface area contributed by atoms with Gasteiger partial charge in [0, 0.05) is 18.5 Å². The van der Waals surface area contributed by atoms with Crippen molar-refractivity contribution in [3.8, 4) is 0 Å². The molecule has 1 aliphatic rings. The first-order valence-electron chi connectivity index (χ1n) is 10.3. The van der Waals surface area contributed by atoms with Crippen LogP contribution in [0.5, 0.6) is 0 Å². The molecule has 1 aliphatic heterocycles. The summed E-state index contributed by atoms with van der Waals surface area (Å²) in [5.41, 5.74) is 0.546. The Labute approximate surface area is 180 Å². The zero-order valence-corrected chi connectivity index (χ0v) is 17.9. The van der Waals surface area contributed by atoms with Crippen LogP contribution in [0.2, 0.25) is 0 Å². The van der Waals surface area contributed by atoms with E-state index in [1.54, 1.807) is 20.8 Å². The fraction of sp³-hybridized carbons (Fsp3) is 0.417. The molecule has 0 aliphatic carbocycles. The second-order valence-electron chi connectivity index (χ2n) is 8.78. The van der Waals surface area contributed by atoms with E-state index in [1.807, 2.05) is 30.3 Å². The molecule has 1 saturated heterocycles. The van der Waals surface area contributed by atoms with Crippen molar-refractivity contribution in [3.63, 3.8) is 0 Å². The number of esters is 1. The molecule has 2 aromatic rings. The summed E-state index contributed by atoms with van der Waals surface area (Å²) in [4.78, 5) is 25.0. The SMILES string of the molecule is CC(C)(C)OC(=O)N[C@@H](Cc1ccccc1)[C@H]1C[C@@H](Cc2ccc(F)cc2F)OC1=O. The van der Waals surface area contributed by atoms with Crippen LogP contribution in [0.4, 0.5) is 13.6 Å². The quantitative estimate of drug-likeness (QED) is 0.681. The number of hydrogen-bond donors (Lipinski definition) is 1. The minimum atomic E-state index is -0.680. The molecule has 0 radical (unpaired) electrons. The molecular formula is C24H27F2NO4. The first kappa shape index (κ1) is 22.7. The van der Waals surface area contributed by atoms with Gasteiger partial charge in [0.25, 0.3) is 0 Å². The Morgan fingerprint density at radius 2 is 1.90 bits per heavy atom. The third-order valence-corrected chi connectivity index (χ3v) is 5.05. The Morgan fingerprint density at radius 3 is 2.55 bits per heavy atom. The second kappa shape index (κ2) is 9.45. The van der Waals surface area contributed by atoms with Crippen molar-refractivity contribution in [2.24, 2.45) is 5.92 Å². The van der Waals surface area contributed by atoms with E-state index < -0.39 is 47.4 Å². The minimum Gasteiger partial charge on any atom is -0.462 e. The first-order chi connectivity index (χ1) is 14.6. The van der Waals surface area contributed by atoms with E-state index in [2.05, 4.69) is 5.32 Å². The van der Waals surface area contributed by atoms with Crippen molar-refractivity contribution in [1.82, 2.24) is 5.32 Å². The maximum atomic E-state index is 14.0. The lowest BCUT2D eigenvalue weighted by Crippen LogP contribution is -2.45. The number of amides is 1.